The van der Waals surface area contributed by atoms with Gasteiger partial charge in [-0.05, 0) is 44.4 Å². The van der Waals surface area contributed by atoms with Crippen LogP contribution in [0, 0.1) is 6.92 Å². The lowest BCUT2D eigenvalue weighted by atomic mass is 10.1. The highest BCUT2D eigenvalue weighted by molar-refractivity contribution is 5.94. The largest absolute Gasteiger partial charge is 0.368 e. The van der Waals surface area contributed by atoms with Gasteiger partial charge >= 0.3 is 0 Å². The van der Waals surface area contributed by atoms with E-state index in [0.29, 0.717) is 32.8 Å². The number of carbonyl (C=O) groups is 2. The Balaban J connectivity index is 1.49. The standard InChI is InChI=1S/C19H27N3O3/c1-14-5-3-6-16(13-14)20-18(23)15(2)21-8-10-22(11-9-21)19(24)17-7-4-12-25-17/h3,5-6,13,15,17H,4,7-12H2,1-2H3,(H,20,23)/t15-,17-/m0/s1. The number of ether oxygens (including phenoxy) is 1. The van der Waals surface area contributed by atoms with Crippen LogP contribution in [0.25, 0.3) is 0 Å². The molecule has 2 aliphatic rings. The predicted molar refractivity (Wildman–Crippen MR) is 96.4 cm³/mol. The molecule has 1 N–H and O–H groups in total. The maximum Gasteiger partial charge on any atom is 0.251 e. The molecule has 0 unspecified atom stereocenters. The molecule has 0 saturated carbocycles. The van der Waals surface area contributed by atoms with E-state index in [4.69, 9.17) is 4.74 Å². The topological polar surface area (TPSA) is 61.9 Å². The molecule has 0 aromatic heterocycles. The second-order valence-electron chi connectivity index (χ2n) is 6.90. The summed E-state index contributed by atoms with van der Waals surface area (Å²) in [6.07, 6.45) is 1.54. The average molecular weight is 345 g/mol. The lowest BCUT2D eigenvalue weighted by Crippen LogP contribution is -2.55. The Hall–Kier alpha value is -1.92. The molecule has 2 fully saturated rings. The second-order valence-corrected chi connectivity index (χ2v) is 6.90. The Bertz CT molecular complexity index is 620. The van der Waals surface area contributed by atoms with E-state index in [1.54, 1.807) is 0 Å². The number of hydrogen-bond acceptors (Lipinski definition) is 4. The number of anilines is 1. The summed E-state index contributed by atoms with van der Waals surface area (Å²) in [5, 5.41) is 2.98. The fourth-order valence-corrected chi connectivity index (χ4v) is 3.44. The molecule has 2 aliphatic heterocycles. The van der Waals surface area contributed by atoms with Crippen LogP contribution in [0.3, 0.4) is 0 Å². The Morgan fingerprint density at radius 1 is 1.24 bits per heavy atom. The van der Waals surface area contributed by atoms with Crippen molar-refractivity contribution in [3.05, 3.63) is 29.8 Å². The van der Waals surface area contributed by atoms with Gasteiger partial charge in [-0.3, -0.25) is 14.5 Å². The smallest absolute Gasteiger partial charge is 0.251 e. The fraction of sp³-hybridized carbons (Fsp3) is 0.579. The van der Waals surface area contributed by atoms with Crippen molar-refractivity contribution in [1.82, 2.24) is 9.80 Å². The number of benzene rings is 1. The monoisotopic (exact) mass is 345 g/mol. The minimum Gasteiger partial charge on any atom is -0.368 e. The summed E-state index contributed by atoms with van der Waals surface area (Å²) in [5.41, 5.74) is 1.94. The molecule has 0 radical (unpaired) electrons. The number of nitrogens with zero attached hydrogens (tertiary/aromatic N) is 2. The minimum atomic E-state index is -0.256. The van der Waals surface area contributed by atoms with E-state index < -0.39 is 0 Å². The van der Waals surface area contributed by atoms with E-state index >= 15 is 0 Å². The summed E-state index contributed by atoms with van der Waals surface area (Å²) in [7, 11) is 0. The number of aryl methyl sites for hydroxylation is 1. The van der Waals surface area contributed by atoms with Gasteiger partial charge < -0.3 is 15.0 Å². The molecule has 136 valence electrons. The highest BCUT2D eigenvalue weighted by Crippen LogP contribution is 2.17. The quantitative estimate of drug-likeness (QED) is 0.901. The Labute approximate surface area is 149 Å². The molecule has 2 amide bonds. The summed E-state index contributed by atoms with van der Waals surface area (Å²) in [4.78, 5) is 28.9. The number of carbonyl (C=O) groups excluding carboxylic acids is 2. The van der Waals surface area contributed by atoms with E-state index in [-0.39, 0.29) is 24.0 Å². The SMILES string of the molecule is Cc1cccc(NC(=O)[C@H](C)N2CCN(C(=O)[C@@H]3CCCO3)CC2)c1. The third kappa shape index (κ3) is 4.38. The zero-order valence-corrected chi connectivity index (χ0v) is 15.0. The zero-order chi connectivity index (χ0) is 17.8. The van der Waals surface area contributed by atoms with Crippen LogP contribution in [0.15, 0.2) is 24.3 Å². The molecule has 1 aromatic rings. The van der Waals surface area contributed by atoms with Crippen molar-refractivity contribution in [2.75, 3.05) is 38.1 Å². The van der Waals surface area contributed by atoms with Crippen LogP contribution in [-0.4, -0.2) is 66.5 Å². The molecular formula is C19H27N3O3. The van der Waals surface area contributed by atoms with Crippen molar-refractivity contribution >= 4 is 17.5 Å². The van der Waals surface area contributed by atoms with Crippen molar-refractivity contribution < 1.29 is 14.3 Å². The van der Waals surface area contributed by atoms with Crippen molar-refractivity contribution in [3.8, 4) is 0 Å². The van der Waals surface area contributed by atoms with Crippen molar-refractivity contribution in [2.24, 2.45) is 0 Å². The molecule has 6 heteroatoms. The van der Waals surface area contributed by atoms with Crippen LogP contribution in [0.1, 0.15) is 25.3 Å². The molecule has 1 aromatic carbocycles. The first-order valence-electron chi connectivity index (χ1n) is 9.06. The van der Waals surface area contributed by atoms with E-state index in [1.165, 1.54) is 0 Å². The van der Waals surface area contributed by atoms with Gasteiger partial charge in [0.2, 0.25) is 5.91 Å². The third-order valence-corrected chi connectivity index (χ3v) is 5.04. The highest BCUT2D eigenvalue weighted by atomic mass is 16.5. The van der Waals surface area contributed by atoms with E-state index in [1.807, 2.05) is 43.0 Å². The van der Waals surface area contributed by atoms with Crippen LogP contribution in [0.4, 0.5) is 5.69 Å². The highest BCUT2D eigenvalue weighted by Gasteiger charge is 2.32. The molecule has 6 nitrogen and oxygen atoms in total. The number of amides is 2. The molecule has 2 heterocycles. The molecule has 2 saturated heterocycles. The van der Waals surface area contributed by atoms with Gasteiger partial charge in [0, 0.05) is 38.5 Å². The summed E-state index contributed by atoms with van der Waals surface area (Å²) >= 11 is 0. The van der Waals surface area contributed by atoms with Gasteiger partial charge in [-0.1, -0.05) is 12.1 Å². The lowest BCUT2D eigenvalue weighted by molar-refractivity contribution is -0.143. The van der Waals surface area contributed by atoms with Crippen LogP contribution in [0.5, 0.6) is 0 Å². The van der Waals surface area contributed by atoms with Crippen molar-refractivity contribution in [1.29, 1.82) is 0 Å². The summed E-state index contributed by atoms with van der Waals surface area (Å²) in [6.45, 7) is 7.34. The Morgan fingerprint density at radius 2 is 2.00 bits per heavy atom. The fourth-order valence-electron chi connectivity index (χ4n) is 3.44. The summed E-state index contributed by atoms with van der Waals surface area (Å²) in [6, 6.07) is 7.58. The van der Waals surface area contributed by atoms with Gasteiger partial charge in [0.15, 0.2) is 0 Å². The van der Waals surface area contributed by atoms with Crippen LogP contribution in [0.2, 0.25) is 0 Å². The molecular weight excluding hydrogens is 318 g/mol. The van der Waals surface area contributed by atoms with E-state index in [2.05, 4.69) is 10.2 Å². The number of hydrogen-bond donors (Lipinski definition) is 1. The van der Waals surface area contributed by atoms with Gasteiger partial charge in [-0.2, -0.15) is 0 Å². The second kappa shape index (κ2) is 7.97. The van der Waals surface area contributed by atoms with Gasteiger partial charge in [0.25, 0.3) is 5.91 Å². The molecule has 0 spiro atoms. The van der Waals surface area contributed by atoms with Gasteiger partial charge in [-0.15, -0.1) is 0 Å². The lowest BCUT2D eigenvalue weighted by Gasteiger charge is -2.38. The Kier molecular flexibility index (Phi) is 5.71. The molecule has 3 rings (SSSR count). The Morgan fingerprint density at radius 3 is 2.64 bits per heavy atom. The number of nitrogens with one attached hydrogen (secondary N) is 1. The van der Waals surface area contributed by atoms with E-state index in [0.717, 1.165) is 24.1 Å². The first-order valence-corrected chi connectivity index (χ1v) is 9.06. The number of piperazine rings is 1. The van der Waals surface area contributed by atoms with Gasteiger partial charge in [0.05, 0.1) is 6.04 Å². The molecule has 25 heavy (non-hydrogen) atoms. The molecule has 0 bridgehead atoms. The maximum atomic E-state index is 12.5. The van der Waals surface area contributed by atoms with Crippen LogP contribution in [-0.2, 0) is 14.3 Å². The summed E-state index contributed by atoms with van der Waals surface area (Å²) < 4.78 is 5.49. The predicted octanol–water partition coefficient (Wildman–Crippen LogP) is 1.65. The van der Waals surface area contributed by atoms with Gasteiger partial charge in [0.1, 0.15) is 6.10 Å². The normalized spacial score (nSPS) is 22.6. The molecule has 2 atom stereocenters. The summed E-state index contributed by atoms with van der Waals surface area (Å²) in [5.74, 6) is 0.0959. The van der Waals surface area contributed by atoms with Crippen LogP contribution >= 0.6 is 0 Å². The third-order valence-electron chi connectivity index (χ3n) is 5.04. The van der Waals surface area contributed by atoms with Gasteiger partial charge in [-0.25, -0.2) is 0 Å². The van der Waals surface area contributed by atoms with Crippen LogP contribution < -0.4 is 5.32 Å². The zero-order valence-electron chi connectivity index (χ0n) is 15.0. The van der Waals surface area contributed by atoms with E-state index in [9.17, 15) is 9.59 Å². The first-order chi connectivity index (χ1) is 12.0. The minimum absolute atomic E-state index is 0.00972. The average Bonchev–Trinajstić information content (AvgIpc) is 3.15. The van der Waals surface area contributed by atoms with Crippen molar-refractivity contribution in [3.63, 3.8) is 0 Å². The maximum absolute atomic E-state index is 12.5. The first kappa shape index (κ1) is 17.9. The van der Waals surface area contributed by atoms with Crippen molar-refractivity contribution in [2.45, 2.75) is 38.8 Å². The number of rotatable bonds is 4. The molecule has 0 aliphatic carbocycles.